The average molecular weight is 214 g/mol. The Kier molecular flexibility index (Phi) is 4.94. The molecule has 0 aromatic rings. The van der Waals surface area contributed by atoms with Gasteiger partial charge in [-0.1, -0.05) is 20.8 Å². The van der Waals surface area contributed by atoms with Crippen LogP contribution >= 0.6 is 0 Å². The Morgan fingerprint density at radius 1 is 1.20 bits per heavy atom. The second kappa shape index (κ2) is 5.08. The van der Waals surface area contributed by atoms with E-state index in [1.165, 1.54) is 0 Å². The molecule has 0 amide bonds. The summed E-state index contributed by atoms with van der Waals surface area (Å²) in [5.74, 6) is 0.137. The van der Waals surface area contributed by atoms with Crippen LogP contribution in [0, 0.1) is 5.41 Å². The molecule has 0 rings (SSSR count). The normalized spacial score (nSPS) is 15.1. The molecule has 0 aliphatic rings. The van der Waals surface area contributed by atoms with Crippen molar-refractivity contribution in [3.63, 3.8) is 0 Å². The van der Waals surface area contributed by atoms with Gasteiger partial charge in [-0.15, -0.1) is 0 Å². The van der Waals surface area contributed by atoms with Gasteiger partial charge in [0.1, 0.15) is 0 Å². The van der Waals surface area contributed by atoms with E-state index in [1.54, 1.807) is 0 Å². The van der Waals surface area contributed by atoms with Crippen molar-refractivity contribution in [3.05, 3.63) is 0 Å². The van der Waals surface area contributed by atoms with Crippen molar-refractivity contribution < 1.29 is 4.79 Å². The van der Waals surface area contributed by atoms with Gasteiger partial charge in [0, 0.05) is 11.0 Å². The molecule has 90 valence electrons. The molecule has 0 spiro atoms. The first-order chi connectivity index (χ1) is 6.54. The molecule has 3 nitrogen and oxygen atoms in total. The van der Waals surface area contributed by atoms with Crippen LogP contribution in [-0.4, -0.2) is 23.9 Å². The molecule has 0 saturated heterocycles. The van der Waals surface area contributed by atoms with Crippen LogP contribution in [0.15, 0.2) is 0 Å². The van der Waals surface area contributed by atoms with E-state index in [-0.39, 0.29) is 22.8 Å². The Labute approximate surface area is 93.8 Å². The highest BCUT2D eigenvalue weighted by molar-refractivity contribution is 5.88. The molecule has 0 aromatic carbocycles. The summed E-state index contributed by atoms with van der Waals surface area (Å²) in [6, 6.07) is -0.347. The van der Waals surface area contributed by atoms with Crippen molar-refractivity contribution in [1.82, 2.24) is 5.32 Å². The van der Waals surface area contributed by atoms with Gasteiger partial charge in [-0.05, 0) is 33.7 Å². The van der Waals surface area contributed by atoms with Crippen LogP contribution in [0.25, 0.3) is 0 Å². The lowest BCUT2D eigenvalue weighted by atomic mass is 9.85. The lowest BCUT2D eigenvalue weighted by Gasteiger charge is -2.24. The molecular formula is C12H26N2O. The van der Waals surface area contributed by atoms with Gasteiger partial charge in [0.25, 0.3) is 0 Å². The zero-order valence-electron chi connectivity index (χ0n) is 11.0. The van der Waals surface area contributed by atoms with Gasteiger partial charge in [0.2, 0.25) is 0 Å². The molecule has 0 heterocycles. The van der Waals surface area contributed by atoms with E-state index < -0.39 is 0 Å². The summed E-state index contributed by atoms with van der Waals surface area (Å²) in [6.07, 6.45) is 0.702. The van der Waals surface area contributed by atoms with Gasteiger partial charge < -0.3 is 11.1 Å². The van der Waals surface area contributed by atoms with Crippen molar-refractivity contribution in [3.8, 4) is 0 Å². The molecule has 3 N–H and O–H groups in total. The Balaban J connectivity index is 3.96. The minimum atomic E-state index is -0.347. The summed E-state index contributed by atoms with van der Waals surface area (Å²) >= 11 is 0. The number of Topliss-reactive ketones (excluding diaryl/α,β-unsaturated/α-hetero) is 1. The minimum Gasteiger partial charge on any atom is -0.321 e. The third-order valence-electron chi connectivity index (χ3n) is 2.19. The molecule has 0 aliphatic heterocycles. The van der Waals surface area contributed by atoms with Crippen LogP contribution in [0.3, 0.4) is 0 Å². The summed E-state index contributed by atoms with van der Waals surface area (Å²) in [4.78, 5) is 11.8. The fourth-order valence-corrected chi connectivity index (χ4v) is 1.29. The van der Waals surface area contributed by atoms with Crippen molar-refractivity contribution >= 4 is 5.78 Å². The number of hydrogen-bond acceptors (Lipinski definition) is 3. The van der Waals surface area contributed by atoms with E-state index in [4.69, 9.17) is 5.73 Å². The molecule has 15 heavy (non-hydrogen) atoms. The Morgan fingerprint density at radius 3 is 2.00 bits per heavy atom. The van der Waals surface area contributed by atoms with Gasteiger partial charge in [-0.3, -0.25) is 4.79 Å². The van der Waals surface area contributed by atoms with Gasteiger partial charge >= 0.3 is 0 Å². The maximum atomic E-state index is 11.8. The zero-order chi connectivity index (χ0) is 12.3. The van der Waals surface area contributed by atoms with E-state index in [0.717, 1.165) is 6.54 Å². The Morgan fingerprint density at radius 2 is 1.67 bits per heavy atom. The number of ketones is 1. The van der Waals surface area contributed by atoms with E-state index in [2.05, 4.69) is 26.1 Å². The van der Waals surface area contributed by atoms with Crippen LogP contribution in [0.2, 0.25) is 0 Å². The third kappa shape index (κ3) is 6.63. The first-order valence-electron chi connectivity index (χ1n) is 5.59. The molecular weight excluding hydrogens is 188 g/mol. The highest BCUT2D eigenvalue weighted by Gasteiger charge is 2.26. The summed E-state index contributed by atoms with van der Waals surface area (Å²) in [7, 11) is 0. The average Bonchev–Trinajstić information content (AvgIpc) is 1.98. The number of carbonyl (C=O) groups excluding carboxylic acids is 1. The van der Waals surface area contributed by atoms with Crippen LogP contribution in [0.5, 0.6) is 0 Å². The van der Waals surface area contributed by atoms with Crippen LogP contribution < -0.4 is 11.1 Å². The van der Waals surface area contributed by atoms with Gasteiger partial charge in [0.05, 0.1) is 6.04 Å². The molecule has 0 radical (unpaired) electrons. The summed E-state index contributed by atoms with van der Waals surface area (Å²) in [5.41, 5.74) is 5.60. The highest BCUT2D eigenvalue weighted by Crippen LogP contribution is 2.17. The maximum absolute atomic E-state index is 11.8. The molecule has 0 saturated carbocycles. The third-order valence-corrected chi connectivity index (χ3v) is 2.19. The first-order valence-corrected chi connectivity index (χ1v) is 5.59. The molecule has 3 heteroatoms. The monoisotopic (exact) mass is 214 g/mol. The van der Waals surface area contributed by atoms with E-state index in [9.17, 15) is 4.79 Å². The largest absolute Gasteiger partial charge is 0.321 e. The zero-order valence-corrected chi connectivity index (χ0v) is 11.0. The first kappa shape index (κ1) is 14.6. The fourth-order valence-electron chi connectivity index (χ4n) is 1.29. The molecule has 1 unspecified atom stereocenters. The smallest absolute Gasteiger partial charge is 0.154 e. The van der Waals surface area contributed by atoms with Gasteiger partial charge in [0.15, 0.2) is 5.78 Å². The predicted molar refractivity (Wildman–Crippen MR) is 64.8 cm³/mol. The van der Waals surface area contributed by atoms with Crippen molar-refractivity contribution in [2.45, 2.75) is 59.5 Å². The van der Waals surface area contributed by atoms with E-state index in [0.29, 0.717) is 6.42 Å². The number of carbonyl (C=O) groups is 1. The predicted octanol–water partition coefficient (Wildman–Crippen LogP) is 1.71. The Bertz CT molecular complexity index is 211. The van der Waals surface area contributed by atoms with Gasteiger partial charge in [-0.2, -0.15) is 0 Å². The Hall–Kier alpha value is -0.410. The van der Waals surface area contributed by atoms with Crippen LogP contribution in [0.1, 0.15) is 48.0 Å². The lowest BCUT2D eigenvalue weighted by Crippen LogP contribution is -2.43. The number of nitrogens with two attached hydrogens (primary N) is 1. The van der Waals surface area contributed by atoms with Crippen LogP contribution in [0.4, 0.5) is 0 Å². The highest BCUT2D eigenvalue weighted by atomic mass is 16.1. The summed E-state index contributed by atoms with van der Waals surface area (Å²) in [5, 5.41) is 3.33. The second-order valence-corrected chi connectivity index (χ2v) is 6.19. The minimum absolute atomic E-state index is 0.0878. The van der Waals surface area contributed by atoms with Crippen molar-refractivity contribution in [2.24, 2.45) is 11.1 Å². The molecule has 0 bridgehead atoms. The number of nitrogens with one attached hydrogen (secondary N) is 1. The van der Waals surface area contributed by atoms with Crippen LogP contribution in [-0.2, 0) is 4.79 Å². The summed E-state index contributed by atoms with van der Waals surface area (Å²) < 4.78 is 0. The van der Waals surface area contributed by atoms with E-state index in [1.807, 2.05) is 20.8 Å². The topological polar surface area (TPSA) is 55.1 Å². The molecule has 0 fully saturated rings. The van der Waals surface area contributed by atoms with Crippen molar-refractivity contribution in [1.29, 1.82) is 0 Å². The number of rotatable bonds is 4. The molecule has 1 atom stereocenters. The SMILES string of the molecule is CC(C)(C)NCCC(N)C(=O)C(C)(C)C. The standard InChI is InChI=1S/C12H26N2O/c1-11(2,3)10(15)9(13)7-8-14-12(4,5)6/h9,14H,7-8,13H2,1-6H3. The molecule has 0 aliphatic carbocycles. The maximum Gasteiger partial charge on any atom is 0.154 e. The number of hydrogen-bond donors (Lipinski definition) is 2. The van der Waals surface area contributed by atoms with E-state index >= 15 is 0 Å². The lowest BCUT2D eigenvalue weighted by molar-refractivity contribution is -0.127. The van der Waals surface area contributed by atoms with Crippen molar-refractivity contribution in [2.75, 3.05) is 6.54 Å². The molecule has 0 aromatic heterocycles. The fraction of sp³-hybridized carbons (Fsp3) is 0.917. The van der Waals surface area contributed by atoms with Gasteiger partial charge in [-0.25, -0.2) is 0 Å². The summed E-state index contributed by atoms with van der Waals surface area (Å²) in [6.45, 7) is 12.8. The quantitative estimate of drug-likeness (QED) is 0.749. The second-order valence-electron chi connectivity index (χ2n) is 6.19.